The van der Waals surface area contributed by atoms with Crippen LogP contribution in [0, 0.1) is 17.0 Å². The van der Waals surface area contributed by atoms with Gasteiger partial charge in [-0.1, -0.05) is 35.3 Å². The predicted molar refractivity (Wildman–Crippen MR) is 93.0 cm³/mol. The number of ether oxygens (including phenoxy) is 1. The third-order valence-corrected chi connectivity index (χ3v) is 3.95. The minimum absolute atomic E-state index is 0.0985. The van der Waals surface area contributed by atoms with Crippen LogP contribution in [-0.2, 0) is 4.79 Å². The molecule has 0 aliphatic carbocycles. The number of nitro groups is 1. The van der Waals surface area contributed by atoms with Gasteiger partial charge in [0, 0.05) is 11.1 Å². The molecule has 1 amide bonds. The Balaban J connectivity index is 2.14. The van der Waals surface area contributed by atoms with Crippen molar-refractivity contribution in [3.05, 3.63) is 62.1 Å². The summed E-state index contributed by atoms with van der Waals surface area (Å²) in [6.07, 6.45) is -0.914. The Hall–Kier alpha value is -2.31. The highest BCUT2D eigenvalue weighted by atomic mass is 35.5. The first-order valence-corrected chi connectivity index (χ1v) is 7.71. The summed E-state index contributed by atoms with van der Waals surface area (Å²) < 4.78 is 5.54. The Labute approximate surface area is 148 Å². The molecule has 0 aliphatic rings. The van der Waals surface area contributed by atoms with Crippen molar-refractivity contribution in [2.24, 2.45) is 0 Å². The van der Waals surface area contributed by atoms with Crippen LogP contribution in [0.3, 0.4) is 0 Å². The van der Waals surface area contributed by atoms with Crippen LogP contribution in [0.15, 0.2) is 36.4 Å². The van der Waals surface area contributed by atoms with Gasteiger partial charge in [-0.2, -0.15) is 0 Å². The van der Waals surface area contributed by atoms with E-state index in [0.29, 0.717) is 10.8 Å². The van der Waals surface area contributed by atoms with Crippen molar-refractivity contribution in [1.82, 2.24) is 0 Å². The summed E-state index contributed by atoms with van der Waals surface area (Å²) in [4.78, 5) is 22.6. The molecular weight excluding hydrogens is 355 g/mol. The van der Waals surface area contributed by atoms with Gasteiger partial charge in [0.2, 0.25) is 0 Å². The molecule has 0 radical (unpaired) electrons. The maximum atomic E-state index is 12.2. The average Bonchev–Trinajstić information content (AvgIpc) is 2.52. The van der Waals surface area contributed by atoms with Crippen molar-refractivity contribution in [2.45, 2.75) is 20.0 Å². The molecular formula is C16H14Cl2N2O4. The predicted octanol–water partition coefficient (Wildman–Crippen LogP) is 4.62. The number of aryl methyl sites for hydroxylation is 1. The average molecular weight is 369 g/mol. The van der Waals surface area contributed by atoms with Crippen molar-refractivity contribution in [2.75, 3.05) is 5.32 Å². The van der Waals surface area contributed by atoms with E-state index >= 15 is 0 Å². The minimum Gasteiger partial charge on any atom is -0.479 e. The van der Waals surface area contributed by atoms with Gasteiger partial charge in [0.05, 0.1) is 9.95 Å². The number of hydrogen-bond donors (Lipinski definition) is 1. The van der Waals surface area contributed by atoms with Crippen LogP contribution in [0.25, 0.3) is 0 Å². The van der Waals surface area contributed by atoms with Crippen LogP contribution in [0.2, 0.25) is 10.0 Å². The second kappa shape index (κ2) is 7.51. The fourth-order valence-electron chi connectivity index (χ4n) is 1.94. The third kappa shape index (κ3) is 4.15. The third-order valence-electron chi connectivity index (χ3n) is 3.24. The highest BCUT2D eigenvalue weighted by molar-refractivity contribution is 6.36. The van der Waals surface area contributed by atoms with Gasteiger partial charge < -0.3 is 10.1 Å². The zero-order valence-corrected chi connectivity index (χ0v) is 14.4. The Morgan fingerprint density at radius 1 is 1.25 bits per heavy atom. The number of nitro benzene ring substituents is 1. The van der Waals surface area contributed by atoms with E-state index in [1.54, 1.807) is 19.1 Å². The molecule has 8 heteroatoms. The molecule has 0 aromatic heterocycles. The van der Waals surface area contributed by atoms with E-state index in [4.69, 9.17) is 27.9 Å². The summed E-state index contributed by atoms with van der Waals surface area (Å²) in [6, 6.07) is 9.01. The molecule has 2 aromatic carbocycles. The van der Waals surface area contributed by atoms with Gasteiger partial charge in [0.15, 0.2) is 6.10 Å². The van der Waals surface area contributed by atoms with Crippen LogP contribution in [0.1, 0.15) is 12.5 Å². The Morgan fingerprint density at radius 3 is 2.58 bits per heavy atom. The van der Waals surface area contributed by atoms with E-state index in [1.165, 1.54) is 31.2 Å². The zero-order chi connectivity index (χ0) is 17.9. The molecule has 1 unspecified atom stereocenters. The van der Waals surface area contributed by atoms with Gasteiger partial charge in [-0.3, -0.25) is 14.9 Å². The molecule has 0 spiro atoms. The molecule has 2 rings (SSSR count). The van der Waals surface area contributed by atoms with Crippen LogP contribution in [0.5, 0.6) is 5.75 Å². The molecule has 0 heterocycles. The lowest BCUT2D eigenvalue weighted by Gasteiger charge is -2.16. The highest BCUT2D eigenvalue weighted by Crippen LogP contribution is 2.31. The molecule has 6 nitrogen and oxygen atoms in total. The number of carbonyl (C=O) groups excluding carboxylic acids is 1. The monoisotopic (exact) mass is 368 g/mol. The van der Waals surface area contributed by atoms with Crippen molar-refractivity contribution in [3.8, 4) is 5.75 Å². The van der Waals surface area contributed by atoms with Crippen molar-refractivity contribution in [3.63, 3.8) is 0 Å². The van der Waals surface area contributed by atoms with E-state index in [0.717, 1.165) is 5.56 Å². The van der Waals surface area contributed by atoms with Gasteiger partial charge >= 0.3 is 0 Å². The first kappa shape index (κ1) is 18.0. The fourth-order valence-corrected chi connectivity index (χ4v) is 2.37. The SMILES string of the molecule is Cc1cc(OC(C)C(=O)Nc2ccccc2[N+](=O)[O-])c(Cl)cc1Cl. The molecule has 1 atom stereocenters. The quantitative estimate of drug-likeness (QED) is 0.616. The smallest absolute Gasteiger partial charge is 0.292 e. The lowest BCUT2D eigenvalue weighted by atomic mass is 10.2. The van der Waals surface area contributed by atoms with Crippen molar-refractivity contribution >= 4 is 40.5 Å². The van der Waals surface area contributed by atoms with Crippen LogP contribution in [-0.4, -0.2) is 16.9 Å². The minimum atomic E-state index is -0.914. The number of benzene rings is 2. The second-order valence-electron chi connectivity index (χ2n) is 5.06. The van der Waals surface area contributed by atoms with Gasteiger partial charge in [-0.25, -0.2) is 0 Å². The Morgan fingerprint density at radius 2 is 1.92 bits per heavy atom. The maximum Gasteiger partial charge on any atom is 0.292 e. The number of carbonyl (C=O) groups is 1. The maximum absolute atomic E-state index is 12.2. The summed E-state index contributed by atoms with van der Waals surface area (Å²) >= 11 is 12.0. The molecule has 0 aliphatic heterocycles. The Bertz CT molecular complexity index is 796. The number of rotatable bonds is 5. The topological polar surface area (TPSA) is 81.5 Å². The normalized spacial score (nSPS) is 11.7. The van der Waals surface area contributed by atoms with Crippen molar-refractivity contribution < 1.29 is 14.5 Å². The zero-order valence-electron chi connectivity index (χ0n) is 12.9. The number of halogens is 2. The van der Waals surface area contributed by atoms with E-state index in [-0.39, 0.29) is 16.4 Å². The van der Waals surface area contributed by atoms with E-state index in [1.807, 2.05) is 0 Å². The summed E-state index contributed by atoms with van der Waals surface area (Å²) in [6.45, 7) is 3.30. The molecule has 0 saturated heterocycles. The molecule has 2 aromatic rings. The number of anilines is 1. The summed E-state index contributed by atoms with van der Waals surface area (Å²) in [5.41, 5.74) is 0.655. The lowest BCUT2D eigenvalue weighted by molar-refractivity contribution is -0.383. The van der Waals surface area contributed by atoms with Gasteiger partial charge in [0.25, 0.3) is 11.6 Å². The van der Waals surface area contributed by atoms with Crippen LogP contribution < -0.4 is 10.1 Å². The second-order valence-corrected chi connectivity index (χ2v) is 5.87. The molecule has 24 heavy (non-hydrogen) atoms. The van der Waals surface area contributed by atoms with Gasteiger partial charge in [0.1, 0.15) is 11.4 Å². The standard InChI is InChI=1S/C16H14Cl2N2O4/c1-9-7-15(12(18)8-11(9)17)24-10(2)16(21)19-13-5-3-4-6-14(13)20(22)23/h3-8,10H,1-2H3,(H,19,21). The van der Waals surface area contributed by atoms with Gasteiger partial charge in [-0.15, -0.1) is 0 Å². The number of amides is 1. The largest absolute Gasteiger partial charge is 0.479 e. The molecule has 0 bridgehead atoms. The summed E-state index contributed by atoms with van der Waals surface area (Å²) in [7, 11) is 0. The highest BCUT2D eigenvalue weighted by Gasteiger charge is 2.21. The van der Waals surface area contributed by atoms with E-state index in [9.17, 15) is 14.9 Å². The molecule has 0 saturated carbocycles. The lowest BCUT2D eigenvalue weighted by Crippen LogP contribution is -2.30. The summed E-state index contributed by atoms with van der Waals surface area (Å²) in [5.74, 6) is -0.225. The fraction of sp³-hybridized carbons (Fsp3) is 0.188. The molecule has 126 valence electrons. The molecule has 1 N–H and O–H groups in total. The van der Waals surface area contributed by atoms with Crippen molar-refractivity contribution in [1.29, 1.82) is 0 Å². The van der Waals surface area contributed by atoms with Gasteiger partial charge in [-0.05, 0) is 37.6 Å². The van der Waals surface area contributed by atoms with E-state index in [2.05, 4.69) is 5.32 Å². The number of hydrogen-bond acceptors (Lipinski definition) is 4. The first-order valence-electron chi connectivity index (χ1n) is 6.96. The van der Waals surface area contributed by atoms with E-state index < -0.39 is 16.9 Å². The van der Waals surface area contributed by atoms with Crippen LogP contribution in [0.4, 0.5) is 11.4 Å². The first-order chi connectivity index (χ1) is 11.3. The Kier molecular flexibility index (Phi) is 5.64. The molecule has 0 fully saturated rings. The number of nitrogens with one attached hydrogen (secondary N) is 1. The summed E-state index contributed by atoms with van der Waals surface area (Å²) in [5, 5.41) is 14.2. The number of nitrogens with zero attached hydrogens (tertiary/aromatic N) is 1. The number of para-hydroxylation sites is 2. The van der Waals surface area contributed by atoms with Crippen LogP contribution >= 0.6 is 23.2 Å².